The number of ether oxygens (including phenoxy) is 2. The van der Waals surface area contributed by atoms with E-state index in [1.165, 1.54) is 13.8 Å². The zero-order chi connectivity index (χ0) is 12.6. The first-order chi connectivity index (χ1) is 7.39. The second-order valence-corrected chi connectivity index (χ2v) is 4.06. The van der Waals surface area contributed by atoms with Crippen molar-refractivity contribution in [3.05, 3.63) is 0 Å². The van der Waals surface area contributed by atoms with Gasteiger partial charge in [0.05, 0.1) is 13.6 Å². The van der Waals surface area contributed by atoms with Crippen molar-refractivity contribution in [2.24, 2.45) is 0 Å². The molecule has 0 heterocycles. The molecule has 0 bridgehead atoms. The van der Waals surface area contributed by atoms with Crippen LogP contribution in [0.3, 0.4) is 0 Å². The highest BCUT2D eigenvalue weighted by atomic mass is 16.5. The van der Waals surface area contributed by atoms with Gasteiger partial charge in [-0.05, 0) is 6.92 Å². The Balaban J connectivity index is 3.90. The van der Waals surface area contributed by atoms with Crippen molar-refractivity contribution >= 4 is 11.9 Å². The summed E-state index contributed by atoms with van der Waals surface area (Å²) in [5.41, 5.74) is 0. The lowest BCUT2D eigenvalue weighted by Gasteiger charge is -2.32. The predicted octanol–water partition coefficient (Wildman–Crippen LogP) is 0.579. The van der Waals surface area contributed by atoms with Crippen LogP contribution in [-0.4, -0.2) is 56.3 Å². The molecule has 5 heteroatoms. The lowest BCUT2D eigenvalue weighted by molar-refractivity contribution is -0.908. The van der Waals surface area contributed by atoms with E-state index >= 15 is 0 Å². The van der Waals surface area contributed by atoms with Crippen LogP contribution in [-0.2, 0) is 19.1 Å². The lowest BCUT2D eigenvalue weighted by atomic mass is 10.4. The van der Waals surface area contributed by atoms with Crippen molar-refractivity contribution in [1.29, 1.82) is 0 Å². The summed E-state index contributed by atoms with van der Waals surface area (Å²) in [4.78, 5) is 21.2. The van der Waals surface area contributed by atoms with Gasteiger partial charge in [0.2, 0.25) is 0 Å². The highest BCUT2D eigenvalue weighted by Crippen LogP contribution is 2.01. The molecular formula is C11H22NO4+. The first-order valence-corrected chi connectivity index (χ1v) is 5.50. The third-order valence-electron chi connectivity index (χ3n) is 2.64. The van der Waals surface area contributed by atoms with Crippen LogP contribution in [0.25, 0.3) is 0 Å². The van der Waals surface area contributed by atoms with E-state index in [1.54, 1.807) is 0 Å². The van der Waals surface area contributed by atoms with Crippen LogP contribution in [0.4, 0.5) is 0 Å². The standard InChI is InChI=1S/C11H22NO4/c1-5-12(4,6-8-15-10(2)13)7-9-16-11(3)14/h5-9H2,1-4H3/q+1. The quantitative estimate of drug-likeness (QED) is 0.476. The van der Waals surface area contributed by atoms with Gasteiger partial charge in [0.15, 0.2) is 0 Å². The zero-order valence-corrected chi connectivity index (χ0v) is 10.6. The third kappa shape index (κ3) is 7.23. The summed E-state index contributed by atoms with van der Waals surface area (Å²) in [5.74, 6) is -0.523. The summed E-state index contributed by atoms with van der Waals surface area (Å²) in [6.07, 6.45) is 0. The lowest BCUT2D eigenvalue weighted by Crippen LogP contribution is -2.48. The Morgan fingerprint density at radius 2 is 1.38 bits per heavy atom. The number of carbonyl (C=O) groups is 2. The highest BCUT2D eigenvalue weighted by molar-refractivity contribution is 5.66. The number of esters is 2. The van der Waals surface area contributed by atoms with Gasteiger partial charge in [-0.3, -0.25) is 9.59 Å². The van der Waals surface area contributed by atoms with Crippen LogP contribution in [0, 0.1) is 0 Å². The van der Waals surface area contributed by atoms with Crippen LogP contribution in [0.5, 0.6) is 0 Å². The van der Waals surface area contributed by atoms with Crippen LogP contribution < -0.4 is 0 Å². The monoisotopic (exact) mass is 232 g/mol. The molecule has 94 valence electrons. The maximum absolute atomic E-state index is 10.6. The van der Waals surface area contributed by atoms with Crippen molar-refractivity contribution in [3.63, 3.8) is 0 Å². The van der Waals surface area contributed by atoms with E-state index < -0.39 is 0 Å². The molecule has 0 aromatic carbocycles. The summed E-state index contributed by atoms with van der Waals surface area (Å²) < 4.78 is 10.5. The van der Waals surface area contributed by atoms with Crippen LogP contribution >= 0.6 is 0 Å². The van der Waals surface area contributed by atoms with Crippen LogP contribution in [0.1, 0.15) is 20.8 Å². The molecule has 0 atom stereocenters. The van der Waals surface area contributed by atoms with Gasteiger partial charge in [0.1, 0.15) is 26.3 Å². The van der Waals surface area contributed by atoms with E-state index in [-0.39, 0.29) is 11.9 Å². The van der Waals surface area contributed by atoms with Crippen molar-refractivity contribution in [2.45, 2.75) is 20.8 Å². The molecule has 0 fully saturated rings. The van der Waals surface area contributed by atoms with E-state index in [9.17, 15) is 9.59 Å². The fourth-order valence-corrected chi connectivity index (χ4v) is 1.25. The Labute approximate surface area is 96.9 Å². The van der Waals surface area contributed by atoms with E-state index in [0.717, 1.165) is 24.1 Å². The first-order valence-electron chi connectivity index (χ1n) is 5.50. The van der Waals surface area contributed by atoms with Gasteiger partial charge in [-0.2, -0.15) is 0 Å². The summed E-state index contributed by atoms with van der Waals surface area (Å²) in [6.45, 7) is 8.03. The molecule has 16 heavy (non-hydrogen) atoms. The zero-order valence-electron chi connectivity index (χ0n) is 10.6. The molecule has 0 aromatic rings. The molecule has 0 spiro atoms. The van der Waals surface area contributed by atoms with E-state index in [1.807, 2.05) is 7.05 Å². The molecule has 0 unspecified atom stereocenters. The summed E-state index contributed by atoms with van der Waals surface area (Å²) in [5, 5.41) is 0. The fourth-order valence-electron chi connectivity index (χ4n) is 1.25. The van der Waals surface area contributed by atoms with E-state index in [4.69, 9.17) is 9.47 Å². The molecule has 0 aliphatic carbocycles. The summed E-state index contributed by atoms with van der Waals surface area (Å²) in [6, 6.07) is 0. The average molecular weight is 232 g/mol. The van der Waals surface area contributed by atoms with Crippen LogP contribution in [0.2, 0.25) is 0 Å². The molecule has 0 radical (unpaired) electrons. The van der Waals surface area contributed by atoms with E-state index in [2.05, 4.69) is 6.92 Å². The van der Waals surface area contributed by atoms with Crippen molar-refractivity contribution < 1.29 is 23.5 Å². The molecule has 0 aliphatic heterocycles. The number of hydrogen-bond donors (Lipinski definition) is 0. The Hall–Kier alpha value is -1.10. The van der Waals surface area contributed by atoms with Crippen LogP contribution in [0.15, 0.2) is 0 Å². The molecule has 0 saturated carbocycles. The number of rotatable bonds is 7. The Morgan fingerprint density at radius 3 is 1.62 bits per heavy atom. The Bertz CT molecular complexity index is 220. The smallest absolute Gasteiger partial charge is 0.302 e. The maximum atomic E-state index is 10.6. The van der Waals surface area contributed by atoms with E-state index in [0.29, 0.717) is 13.2 Å². The number of hydrogen-bond acceptors (Lipinski definition) is 4. The van der Waals surface area contributed by atoms with Gasteiger partial charge in [-0.15, -0.1) is 0 Å². The second-order valence-electron chi connectivity index (χ2n) is 4.06. The third-order valence-corrected chi connectivity index (χ3v) is 2.64. The summed E-state index contributed by atoms with van der Waals surface area (Å²) in [7, 11) is 2.05. The number of quaternary nitrogens is 1. The Morgan fingerprint density at radius 1 is 1.00 bits per heavy atom. The predicted molar refractivity (Wildman–Crippen MR) is 59.7 cm³/mol. The molecule has 0 rings (SSSR count). The molecule has 0 amide bonds. The number of nitrogens with zero attached hydrogens (tertiary/aromatic N) is 1. The molecule has 0 aliphatic rings. The first kappa shape index (κ1) is 14.9. The maximum Gasteiger partial charge on any atom is 0.302 e. The van der Waals surface area contributed by atoms with Gasteiger partial charge in [0, 0.05) is 13.8 Å². The van der Waals surface area contributed by atoms with Gasteiger partial charge < -0.3 is 14.0 Å². The minimum atomic E-state index is -0.261. The Kier molecular flexibility index (Phi) is 6.72. The van der Waals surface area contributed by atoms with Gasteiger partial charge in [-0.25, -0.2) is 0 Å². The topological polar surface area (TPSA) is 52.6 Å². The fraction of sp³-hybridized carbons (Fsp3) is 0.818. The minimum Gasteiger partial charge on any atom is -0.460 e. The van der Waals surface area contributed by atoms with Gasteiger partial charge >= 0.3 is 11.9 Å². The summed E-state index contributed by atoms with van der Waals surface area (Å²) >= 11 is 0. The van der Waals surface area contributed by atoms with Crippen molar-refractivity contribution in [1.82, 2.24) is 0 Å². The molecule has 0 saturated heterocycles. The molecule has 5 nitrogen and oxygen atoms in total. The van der Waals surface area contributed by atoms with Gasteiger partial charge in [0.25, 0.3) is 0 Å². The number of carbonyl (C=O) groups excluding carboxylic acids is 2. The molecule has 0 aromatic heterocycles. The second kappa shape index (κ2) is 7.22. The number of likely N-dealkylation sites (N-methyl/N-ethyl adjacent to an activating group) is 1. The average Bonchev–Trinajstić information content (AvgIpc) is 2.16. The molecular weight excluding hydrogens is 210 g/mol. The SMILES string of the molecule is CC[N+](C)(CCOC(C)=O)CCOC(C)=O. The molecule has 0 N–H and O–H groups in total. The largest absolute Gasteiger partial charge is 0.460 e. The highest BCUT2D eigenvalue weighted by Gasteiger charge is 2.19. The van der Waals surface area contributed by atoms with Crippen molar-refractivity contribution in [2.75, 3.05) is 39.9 Å². The minimum absolute atomic E-state index is 0.261. The normalized spacial score (nSPS) is 11.0. The van der Waals surface area contributed by atoms with Crippen molar-refractivity contribution in [3.8, 4) is 0 Å². The van der Waals surface area contributed by atoms with Gasteiger partial charge in [-0.1, -0.05) is 0 Å².